The van der Waals surface area contributed by atoms with Gasteiger partial charge in [0.25, 0.3) is 0 Å². The summed E-state index contributed by atoms with van der Waals surface area (Å²) in [5, 5.41) is 13.0. The maximum atomic E-state index is 12.6. The summed E-state index contributed by atoms with van der Waals surface area (Å²) in [5.74, 6) is -3.03. The minimum absolute atomic E-state index is 0.140. The fraction of sp³-hybridized carbons (Fsp3) is 0.158. The van der Waals surface area contributed by atoms with Crippen molar-refractivity contribution in [3.63, 3.8) is 0 Å². The second kappa shape index (κ2) is 8.20. The first-order valence-corrected chi connectivity index (χ1v) is 8.45. The molecule has 6 nitrogen and oxygen atoms in total. The third-order valence-electron chi connectivity index (χ3n) is 3.81. The molecule has 0 spiro atoms. The first-order valence-electron chi connectivity index (χ1n) is 8.45. The normalized spacial score (nSPS) is 11.8. The van der Waals surface area contributed by atoms with Gasteiger partial charge in [-0.05, 0) is 19.1 Å². The van der Waals surface area contributed by atoms with Crippen molar-refractivity contribution in [1.29, 1.82) is 0 Å². The Bertz CT molecular complexity index is 1070. The number of aromatic nitrogens is 2. The van der Waals surface area contributed by atoms with E-state index in [9.17, 15) is 31.4 Å². The second-order valence-electron chi connectivity index (χ2n) is 6.17. The van der Waals surface area contributed by atoms with Gasteiger partial charge in [0.15, 0.2) is 23.1 Å². The molecule has 0 saturated heterocycles. The highest BCUT2D eigenvalue weighted by atomic mass is 19.4. The summed E-state index contributed by atoms with van der Waals surface area (Å²) in [6.07, 6.45) is -9.39. The van der Waals surface area contributed by atoms with Crippen molar-refractivity contribution in [3.8, 4) is 28.5 Å². The number of hydrogen-bond donors (Lipinski definition) is 2. The Balaban J connectivity index is 1.94. The lowest BCUT2D eigenvalue weighted by atomic mass is 10.1. The molecule has 0 atom stereocenters. The highest BCUT2D eigenvalue weighted by Gasteiger charge is 2.36. The molecule has 0 fully saturated rings. The predicted octanol–water partition coefficient (Wildman–Crippen LogP) is 5.70. The third kappa shape index (κ3) is 5.90. The Morgan fingerprint density at radius 2 is 1.45 bits per heavy atom. The maximum absolute atomic E-state index is 12.6. The van der Waals surface area contributed by atoms with E-state index in [-0.39, 0.29) is 17.2 Å². The molecule has 0 bridgehead atoms. The van der Waals surface area contributed by atoms with Crippen molar-refractivity contribution in [1.82, 2.24) is 9.97 Å². The van der Waals surface area contributed by atoms with Gasteiger partial charge >= 0.3 is 12.7 Å². The second-order valence-corrected chi connectivity index (χ2v) is 6.17. The summed E-state index contributed by atoms with van der Waals surface area (Å²) in [5.41, 5.74) is 1.50. The fourth-order valence-corrected chi connectivity index (χ4v) is 2.53. The van der Waals surface area contributed by atoms with Crippen LogP contribution in [0.3, 0.4) is 0 Å². The highest BCUT2D eigenvalue weighted by molar-refractivity contribution is 5.75. The van der Waals surface area contributed by atoms with Crippen LogP contribution in [-0.4, -0.2) is 27.8 Å². The molecular weight excluding hydrogens is 432 g/mol. The van der Waals surface area contributed by atoms with E-state index in [4.69, 9.17) is 0 Å². The Kier molecular flexibility index (Phi) is 5.82. The van der Waals surface area contributed by atoms with Gasteiger partial charge < -0.3 is 19.9 Å². The van der Waals surface area contributed by atoms with Crippen molar-refractivity contribution in [2.45, 2.75) is 19.6 Å². The molecule has 1 aromatic heterocycles. The van der Waals surface area contributed by atoms with Gasteiger partial charge in [0.05, 0.1) is 0 Å². The number of hydrogen-bond acceptors (Lipinski definition) is 6. The number of nitrogens with zero attached hydrogens (tertiary/aromatic N) is 2. The van der Waals surface area contributed by atoms with Gasteiger partial charge in [-0.2, -0.15) is 0 Å². The average Bonchev–Trinajstić information content (AvgIpc) is 2.64. The summed E-state index contributed by atoms with van der Waals surface area (Å²) in [7, 11) is 0. The zero-order chi connectivity index (χ0) is 22.8. The van der Waals surface area contributed by atoms with Crippen molar-refractivity contribution >= 4 is 11.5 Å². The maximum Gasteiger partial charge on any atom is 0.573 e. The molecule has 0 amide bonds. The summed E-state index contributed by atoms with van der Waals surface area (Å²) < 4.78 is 82.4. The van der Waals surface area contributed by atoms with Gasteiger partial charge in [0.1, 0.15) is 12.0 Å². The number of aryl methyl sites for hydroxylation is 1. The van der Waals surface area contributed by atoms with Gasteiger partial charge in [-0.25, -0.2) is 9.97 Å². The number of halogens is 6. The molecule has 1 heterocycles. The van der Waals surface area contributed by atoms with Gasteiger partial charge in [-0.15, -0.1) is 26.3 Å². The smallest absolute Gasteiger partial charge is 0.503 e. The first kappa shape index (κ1) is 22.0. The Hall–Kier alpha value is -3.70. The molecule has 3 rings (SSSR count). The molecule has 12 heteroatoms. The fourth-order valence-electron chi connectivity index (χ4n) is 2.53. The number of nitrogens with one attached hydrogen (secondary N) is 1. The minimum atomic E-state index is -5.27. The van der Waals surface area contributed by atoms with Gasteiger partial charge in [0.2, 0.25) is 0 Å². The Labute approximate surface area is 171 Å². The van der Waals surface area contributed by atoms with E-state index in [1.807, 2.05) is 6.92 Å². The van der Waals surface area contributed by atoms with Crippen LogP contribution in [0.5, 0.6) is 17.2 Å². The van der Waals surface area contributed by atoms with Gasteiger partial charge in [-0.3, -0.25) is 0 Å². The van der Waals surface area contributed by atoms with Crippen molar-refractivity contribution in [2.24, 2.45) is 0 Å². The Morgan fingerprint density at radius 3 is 2.06 bits per heavy atom. The topological polar surface area (TPSA) is 76.5 Å². The molecule has 31 heavy (non-hydrogen) atoms. The molecular formula is C19H13F6N3O3. The molecule has 0 aliphatic rings. The monoisotopic (exact) mass is 445 g/mol. The van der Waals surface area contributed by atoms with Crippen LogP contribution >= 0.6 is 0 Å². The van der Waals surface area contributed by atoms with Crippen LogP contribution in [0, 0.1) is 6.92 Å². The lowest BCUT2D eigenvalue weighted by Gasteiger charge is -2.17. The SMILES string of the molecule is Cc1ccc(-c2ncnc(Nc3ccc(OC(F)(F)F)c(OC(F)(F)F)c3)c2O)cc1. The molecule has 164 valence electrons. The van der Waals surface area contributed by atoms with Crippen LogP contribution in [0.4, 0.5) is 37.8 Å². The summed E-state index contributed by atoms with van der Waals surface area (Å²) in [4.78, 5) is 7.80. The molecule has 0 aliphatic heterocycles. The van der Waals surface area contributed by atoms with E-state index in [0.717, 1.165) is 18.0 Å². The standard InChI is InChI=1S/C19H13F6N3O3/c1-10-2-4-11(5-3-10)15-16(29)17(27-9-26-15)28-12-6-7-13(30-18(20,21)22)14(8-12)31-19(23,24)25/h2-9,29H,1H3,(H,26,27,28). The number of ether oxygens (including phenoxy) is 2. The van der Waals surface area contributed by atoms with Crippen molar-refractivity contribution in [2.75, 3.05) is 5.32 Å². The summed E-state index contributed by atoms with van der Waals surface area (Å²) >= 11 is 0. The molecule has 2 aromatic carbocycles. The van der Waals surface area contributed by atoms with E-state index in [1.165, 1.54) is 0 Å². The molecule has 0 aliphatic carbocycles. The zero-order valence-electron chi connectivity index (χ0n) is 15.5. The van der Waals surface area contributed by atoms with E-state index in [1.54, 1.807) is 24.3 Å². The van der Waals surface area contributed by atoms with Gasteiger partial charge in [0, 0.05) is 17.3 Å². The quantitative estimate of drug-likeness (QED) is 0.491. The highest BCUT2D eigenvalue weighted by Crippen LogP contribution is 2.39. The number of aromatic hydroxyl groups is 1. The average molecular weight is 445 g/mol. The van der Waals surface area contributed by atoms with Gasteiger partial charge in [-0.1, -0.05) is 29.8 Å². The van der Waals surface area contributed by atoms with Crippen LogP contribution in [-0.2, 0) is 0 Å². The van der Waals surface area contributed by atoms with Crippen LogP contribution < -0.4 is 14.8 Å². The third-order valence-corrected chi connectivity index (χ3v) is 3.81. The molecule has 0 saturated carbocycles. The number of rotatable bonds is 5. The van der Waals surface area contributed by atoms with E-state index in [2.05, 4.69) is 24.8 Å². The molecule has 0 unspecified atom stereocenters. The Morgan fingerprint density at radius 1 is 0.839 bits per heavy atom. The summed E-state index contributed by atoms with van der Waals surface area (Å²) in [6, 6.07) is 9.21. The minimum Gasteiger partial charge on any atom is -0.503 e. The lowest BCUT2D eigenvalue weighted by molar-refractivity contribution is -0.287. The van der Waals surface area contributed by atoms with E-state index >= 15 is 0 Å². The largest absolute Gasteiger partial charge is 0.573 e. The van der Waals surface area contributed by atoms with Crippen LogP contribution in [0.25, 0.3) is 11.3 Å². The number of anilines is 2. The number of benzene rings is 2. The lowest BCUT2D eigenvalue weighted by Crippen LogP contribution is -2.21. The molecule has 0 radical (unpaired) electrons. The molecule has 3 aromatic rings. The van der Waals surface area contributed by atoms with Crippen molar-refractivity contribution in [3.05, 3.63) is 54.4 Å². The van der Waals surface area contributed by atoms with Crippen LogP contribution in [0.15, 0.2) is 48.8 Å². The first-order chi connectivity index (χ1) is 14.4. The zero-order valence-corrected chi connectivity index (χ0v) is 15.5. The van der Waals surface area contributed by atoms with Crippen LogP contribution in [0.2, 0.25) is 0 Å². The predicted molar refractivity (Wildman–Crippen MR) is 97.0 cm³/mol. The number of alkyl halides is 6. The van der Waals surface area contributed by atoms with E-state index in [0.29, 0.717) is 17.7 Å². The van der Waals surface area contributed by atoms with Crippen LogP contribution in [0.1, 0.15) is 5.56 Å². The van der Waals surface area contributed by atoms with Crippen molar-refractivity contribution < 1.29 is 40.9 Å². The van der Waals surface area contributed by atoms with E-state index < -0.39 is 30.0 Å². The summed E-state index contributed by atoms with van der Waals surface area (Å²) in [6.45, 7) is 1.86. The molecule has 2 N–H and O–H groups in total.